The van der Waals surface area contributed by atoms with Crippen molar-refractivity contribution < 1.29 is 9.84 Å². The normalized spacial score (nSPS) is 9.00. The van der Waals surface area contributed by atoms with Gasteiger partial charge in [-0.05, 0) is 18.2 Å². The quantitative estimate of drug-likeness (QED) is 0.608. The summed E-state index contributed by atoms with van der Waals surface area (Å²) < 4.78 is 4.80. The molecule has 1 N–H and O–H groups in total. The molecule has 2 nitrogen and oxygen atoms in total. The van der Waals surface area contributed by atoms with Crippen LogP contribution in [0.1, 0.15) is 0 Å². The Bertz CT molecular complexity index is 179. The van der Waals surface area contributed by atoms with E-state index in [1.165, 1.54) is 6.07 Å². The van der Waals surface area contributed by atoms with E-state index in [-0.39, 0.29) is 5.75 Å². The minimum Gasteiger partial charge on any atom is -0.508 e. The van der Waals surface area contributed by atoms with Gasteiger partial charge in [-0.2, -0.15) is 0 Å². The van der Waals surface area contributed by atoms with Gasteiger partial charge in [0.05, 0.1) is 7.11 Å². The second kappa shape index (κ2) is 2.40. The van der Waals surface area contributed by atoms with Crippen molar-refractivity contribution in [3.05, 3.63) is 24.3 Å². The van der Waals surface area contributed by atoms with E-state index in [0.29, 0.717) is 5.75 Å². The van der Waals surface area contributed by atoms with Crippen molar-refractivity contribution in [2.24, 2.45) is 0 Å². The van der Waals surface area contributed by atoms with Crippen molar-refractivity contribution in [1.82, 2.24) is 0 Å². The largest absolute Gasteiger partial charge is 0.508 e. The summed E-state index contributed by atoms with van der Waals surface area (Å²) in [6, 6.07) is 7.37. The zero-order valence-corrected chi connectivity index (χ0v) is 5.09. The zero-order valence-electron chi connectivity index (χ0n) is 5.09. The fourth-order valence-corrected chi connectivity index (χ4v) is 0.529. The Kier molecular flexibility index (Phi) is 1.58. The molecule has 0 bridgehead atoms. The Morgan fingerprint density at radius 3 is 2.78 bits per heavy atom. The minimum absolute atomic E-state index is 0.204. The smallest absolute Gasteiger partial charge is 0.127 e. The maximum atomic E-state index is 8.77. The van der Waals surface area contributed by atoms with Crippen molar-refractivity contribution in [1.29, 1.82) is 0 Å². The van der Waals surface area contributed by atoms with Gasteiger partial charge in [0.25, 0.3) is 0 Å². The van der Waals surface area contributed by atoms with Crippen LogP contribution in [0, 0.1) is 6.07 Å². The summed E-state index contributed by atoms with van der Waals surface area (Å²) in [5, 5.41) is 8.77. The molecule has 0 heterocycles. The lowest BCUT2D eigenvalue weighted by Gasteiger charge is -1.95. The molecule has 1 rings (SSSR count). The maximum absolute atomic E-state index is 8.77. The number of aromatic hydroxyl groups is 1. The van der Waals surface area contributed by atoms with E-state index in [0.717, 1.165) is 0 Å². The van der Waals surface area contributed by atoms with Crippen LogP contribution in [0.3, 0.4) is 0 Å². The Morgan fingerprint density at radius 1 is 1.56 bits per heavy atom. The lowest BCUT2D eigenvalue weighted by molar-refractivity contribution is 0.411. The third-order valence-corrected chi connectivity index (χ3v) is 0.988. The van der Waals surface area contributed by atoms with Crippen LogP contribution in [-0.4, -0.2) is 12.2 Å². The van der Waals surface area contributed by atoms with Gasteiger partial charge in [-0.25, -0.2) is 0 Å². The van der Waals surface area contributed by atoms with Crippen LogP contribution in [0.2, 0.25) is 0 Å². The standard InChI is InChI=1S/C7H7O2/c1-9-7-4-2-6(8)3-5-7/h2-4,8H,1H3. The molecule has 0 aromatic heterocycles. The SMILES string of the molecule is COc1[c]cc(O)cc1. The van der Waals surface area contributed by atoms with Gasteiger partial charge in [-0.3, -0.25) is 0 Å². The maximum Gasteiger partial charge on any atom is 0.127 e. The highest BCUT2D eigenvalue weighted by Crippen LogP contribution is 2.13. The molecule has 0 saturated carbocycles. The topological polar surface area (TPSA) is 29.5 Å². The first-order valence-electron chi connectivity index (χ1n) is 2.57. The summed E-state index contributed by atoms with van der Waals surface area (Å²) in [6.45, 7) is 0. The molecular formula is C7H7O2. The Labute approximate surface area is 53.7 Å². The number of rotatable bonds is 1. The van der Waals surface area contributed by atoms with Gasteiger partial charge >= 0.3 is 0 Å². The van der Waals surface area contributed by atoms with E-state index in [2.05, 4.69) is 6.07 Å². The second-order valence-corrected chi connectivity index (χ2v) is 1.62. The highest BCUT2D eigenvalue weighted by Gasteiger charge is 1.88. The highest BCUT2D eigenvalue weighted by molar-refractivity contribution is 5.28. The number of phenolic OH excluding ortho intramolecular Hbond substituents is 1. The van der Waals surface area contributed by atoms with Gasteiger partial charge in [-0.1, -0.05) is 0 Å². The first-order valence-corrected chi connectivity index (χ1v) is 2.57. The Hall–Kier alpha value is -1.18. The predicted molar refractivity (Wildman–Crippen MR) is 33.5 cm³/mol. The second-order valence-electron chi connectivity index (χ2n) is 1.62. The van der Waals surface area contributed by atoms with Gasteiger partial charge in [0.1, 0.15) is 11.5 Å². The van der Waals surface area contributed by atoms with Crippen molar-refractivity contribution in [3.63, 3.8) is 0 Å². The van der Waals surface area contributed by atoms with E-state index in [1.54, 1.807) is 19.2 Å². The van der Waals surface area contributed by atoms with Crippen molar-refractivity contribution in [3.8, 4) is 11.5 Å². The molecule has 9 heavy (non-hydrogen) atoms. The highest BCUT2D eigenvalue weighted by atomic mass is 16.5. The van der Waals surface area contributed by atoms with Crippen molar-refractivity contribution in [2.45, 2.75) is 0 Å². The number of benzene rings is 1. The summed E-state index contributed by atoms with van der Waals surface area (Å²) in [7, 11) is 1.56. The summed E-state index contributed by atoms with van der Waals surface area (Å²) in [6.07, 6.45) is 0. The fourth-order valence-electron chi connectivity index (χ4n) is 0.529. The molecule has 0 aliphatic heterocycles. The monoisotopic (exact) mass is 123 g/mol. The molecule has 0 saturated heterocycles. The molecule has 2 heteroatoms. The van der Waals surface area contributed by atoms with E-state index in [9.17, 15) is 0 Å². The Morgan fingerprint density at radius 2 is 2.33 bits per heavy atom. The minimum atomic E-state index is 0.204. The lowest BCUT2D eigenvalue weighted by atomic mass is 10.3. The summed E-state index contributed by atoms with van der Waals surface area (Å²) in [5.74, 6) is 0.837. The Balaban J connectivity index is 2.88. The molecule has 0 aliphatic rings. The van der Waals surface area contributed by atoms with Crippen LogP contribution in [-0.2, 0) is 0 Å². The lowest BCUT2D eigenvalue weighted by Crippen LogP contribution is -1.79. The molecule has 0 fully saturated rings. The first kappa shape index (κ1) is 5.95. The fraction of sp³-hybridized carbons (Fsp3) is 0.143. The van der Waals surface area contributed by atoms with Gasteiger partial charge in [0.15, 0.2) is 0 Å². The number of phenols is 1. The third-order valence-electron chi connectivity index (χ3n) is 0.988. The molecule has 1 radical (unpaired) electrons. The molecule has 0 unspecified atom stereocenters. The van der Waals surface area contributed by atoms with Crippen LogP contribution >= 0.6 is 0 Å². The number of ether oxygens (including phenoxy) is 1. The van der Waals surface area contributed by atoms with E-state index >= 15 is 0 Å². The number of hydrogen-bond acceptors (Lipinski definition) is 2. The third kappa shape index (κ3) is 1.35. The van der Waals surface area contributed by atoms with E-state index in [4.69, 9.17) is 9.84 Å². The van der Waals surface area contributed by atoms with Gasteiger partial charge in [0.2, 0.25) is 0 Å². The van der Waals surface area contributed by atoms with Crippen LogP contribution < -0.4 is 4.74 Å². The molecule has 0 amide bonds. The first-order chi connectivity index (χ1) is 4.33. The molecule has 0 atom stereocenters. The van der Waals surface area contributed by atoms with Crippen molar-refractivity contribution in [2.75, 3.05) is 7.11 Å². The molecular weight excluding hydrogens is 116 g/mol. The van der Waals surface area contributed by atoms with Gasteiger partial charge in [0, 0.05) is 6.07 Å². The number of hydrogen-bond donors (Lipinski definition) is 1. The van der Waals surface area contributed by atoms with E-state index in [1.807, 2.05) is 0 Å². The van der Waals surface area contributed by atoms with Crippen LogP contribution in [0.25, 0.3) is 0 Å². The summed E-state index contributed by atoms with van der Waals surface area (Å²) >= 11 is 0. The average Bonchev–Trinajstić information content (AvgIpc) is 1.90. The summed E-state index contributed by atoms with van der Waals surface area (Å²) in [5.41, 5.74) is 0. The average molecular weight is 123 g/mol. The summed E-state index contributed by atoms with van der Waals surface area (Å²) in [4.78, 5) is 0. The van der Waals surface area contributed by atoms with Crippen LogP contribution in [0.5, 0.6) is 11.5 Å². The molecule has 47 valence electrons. The van der Waals surface area contributed by atoms with Gasteiger partial charge < -0.3 is 9.84 Å². The molecule has 1 aromatic rings. The van der Waals surface area contributed by atoms with E-state index < -0.39 is 0 Å². The predicted octanol–water partition coefficient (Wildman–Crippen LogP) is 1.20. The molecule has 1 aromatic carbocycles. The zero-order chi connectivity index (χ0) is 6.69. The molecule has 0 aliphatic carbocycles. The van der Waals surface area contributed by atoms with Gasteiger partial charge in [-0.15, -0.1) is 0 Å². The van der Waals surface area contributed by atoms with Crippen molar-refractivity contribution >= 4 is 0 Å². The number of methoxy groups -OCH3 is 1. The molecule has 0 spiro atoms. The van der Waals surface area contributed by atoms with Crippen LogP contribution in [0.15, 0.2) is 18.2 Å². The van der Waals surface area contributed by atoms with Crippen LogP contribution in [0.4, 0.5) is 0 Å².